The van der Waals surface area contributed by atoms with Crippen LogP contribution in [0, 0.1) is 5.92 Å². The molecule has 0 aromatic rings. The fraction of sp³-hybridized carbons (Fsp3) is 0.778. The summed E-state index contributed by atoms with van der Waals surface area (Å²) in [6, 6.07) is 0.839. The van der Waals surface area contributed by atoms with Gasteiger partial charge in [-0.1, -0.05) is 0 Å². The zero-order valence-electron chi connectivity index (χ0n) is 15.0. The Morgan fingerprint density at radius 3 is 1.95 bits per heavy atom. The van der Waals surface area contributed by atoms with E-state index in [0.717, 1.165) is 12.0 Å². The van der Waals surface area contributed by atoms with Gasteiger partial charge in [0.2, 0.25) is 0 Å². The number of rotatable bonds is 4. The molecule has 1 N–H and O–H groups in total. The molecule has 0 saturated heterocycles. The second-order valence-electron chi connectivity index (χ2n) is 7.47. The summed E-state index contributed by atoms with van der Waals surface area (Å²) in [4.78, 5) is 0. The third-order valence-corrected chi connectivity index (χ3v) is 17.5. The molecule has 0 heterocycles. The van der Waals surface area contributed by atoms with Crippen molar-refractivity contribution in [1.29, 1.82) is 0 Å². The SMILES string of the molecule is CC1=C(C)C(C)[C]([Ti]([NH]C2CCCCCC2)[SiH](C)C)=C1C. The molecule has 0 bridgehead atoms. The van der Waals surface area contributed by atoms with Crippen molar-refractivity contribution in [3.63, 3.8) is 0 Å². The number of allylic oxidation sites excluding steroid dienone is 4. The normalized spacial score (nSPS) is 25.0. The number of hydrogen-bond acceptors (Lipinski definition) is 1. The fourth-order valence-corrected chi connectivity index (χ4v) is 15.7. The van der Waals surface area contributed by atoms with Crippen LogP contribution >= 0.6 is 0 Å². The quantitative estimate of drug-likeness (QED) is 0.556. The fourth-order valence-electron chi connectivity index (χ4n) is 4.00. The van der Waals surface area contributed by atoms with E-state index in [-0.39, 0.29) is 0 Å². The summed E-state index contributed by atoms with van der Waals surface area (Å²) in [5, 5.41) is 0. The van der Waals surface area contributed by atoms with Crippen LogP contribution in [0.3, 0.4) is 0 Å². The molecule has 0 aromatic carbocycles. The minimum absolute atomic E-state index is 0.585. The van der Waals surface area contributed by atoms with Crippen molar-refractivity contribution in [3.8, 4) is 0 Å². The average molecular weight is 340 g/mol. The first-order chi connectivity index (χ1) is 9.93. The van der Waals surface area contributed by atoms with Crippen LogP contribution in [0.2, 0.25) is 13.1 Å². The van der Waals surface area contributed by atoms with E-state index in [0.29, 0.717) is 0 Å². The van der Waals surface area contributed by atoms with Gasteiger partial charge in [0, 0.05) is 0 Å². The molecule has 0 aliphatic heterocycles. The van der Waals surface area contributed by atoms with Crippen LogP contribution in [0.1, 0.15) is 66.2 Å². The molecule has 21 heavy (non-hydrogen) atoms. The van der Waals surface area contributed by atoms with Crippen molar-refractivity contribution in [2.45, 2.75) is 85.4 Å². The Balaban J connectivity index is 2.16. The van der Waals surface area contributed by atoms with E-state index < -0.39 is 24.0 Å². The van der Waals surface area contributed by atoms with Gasteiger partial charge in [-0.25, -0.2) is 0 Å². The monoisotopic (exact) mass is 340 g/mol. The average Bonchev–Trinajstić information content (AvgIpc) is 2.68. The van der Waals surface area contributed by atoms with Crippen molar-refractivity contribution >= 4 is 6.66 Å². The van der Waals surface area contributed by atoms with Crippen LogP contribution in [0.25, 0.3) is 0 Å². The van der Waals surface area contributed by atoms with Gasteiger partial charge in [-0.3, -0.25) is 0 Å². The van der Waals surface area contributed by atoms with E-state index in [2.05, 4.69) is 44.6 Å². The van der Waals surface area contributed by atoms with Crippen LogP contribution in [0.5, 0.6) is 0 Å². The molecule has 3 heteroatoms. The molecular formula is C18H34NSiTi. The molecule has 2 rings (SSSR count). The van der Waals surface area contributed by atoms with Gasteiger partial charge in [0.05, 0.1) is 0 Å². The van der Waals surface area contributed by atoms with Gasteiger partial charge in [0.15, 0.2) is 0 Å². The van der Waals surface area contributed by atoms with Crippen molar-refractivity contribution < 1.29 is 17.4 Å². The van der Waals surface area contributed by atoms with Gasteiger partial charge in [-0.05, 0) is 0 Å². The summed E-state index contributed by atoms with van der Waals surface area (Å²) < 4.78 is 6.18. The Bertz CT molecular complexity index is 430. The molecule has 1 fully saturated rings. The van der Waals surface area contributed by atoms with Crippen molar-refractivity contribution in [2.75, 3.05) is 0 Å². The first-order valence-electron chi connectivity index (χ1n) is 8.95. The van der Waals surface area contributed by atoms with Crippen LogP contribution in [-0.2, 0) is 17.4 Å². The first-order valence-corrected chi connectivity index (χ1v) is 16.1. The maximum absolute atomic E-state index is 4.28. The van der Waals surface area contributed by atoms with Crippen molar-refractivity contribution in [1.82, 2.24) is 3.80 Å². The predicted octanol–water partition coefficient (Wildman–Crippen LogP) is 5.08. The molecule has 0 spiro atoms. The van der Waals surface area contributed by atoms with Gasteiger partial charge in [-0.2, -0.15) is 0 Å². The van der Waals surface area contributed by atoms with Crippen molar-refractivity contribution in [2.24, 2.45) is 5.92 Å². The zero-order valence-corrected chi connectivity index (χ0v) is 17.7. The molecule has 1 saturated carbocycles. The molecule has 119 valence electrons. The summed E-state index contributed by atoms with van der Waals surface area (Å²) in [6.45, 7) is 14.2. The molecule has 0 amide bonds. The third kappa shape index (κ3) is 4.02. The standard InChI is InChI=1S/C9H13.C7H14N.C2H7Si.Ti/c1-6-5-7(2)9(4)8(6)3;8-7-5-3-1-2-4-6-7;1-3-2;/h6H,1-4H3;7-8H,1-6H2;3H,1-2H3;/q;-1;;+1. The van der Waals surface area contributed by atoms with Gasteiger partial charge in [-0.15, -0.1) is 0 Å². The van der Waals surface area contributed by atoms with E-state index in [1.165, 1.54) is 38.5 Å². The molecule has 1 atom stereocenters. The van der Waals surface area contributed by atoms with E-state index in [1.807, 2.05) is 3.88 Å². The summed E-state index contributed by atoms with van der Waals surface area (Å²) in [6.07, 6.45) is 8.70. The number of nitrogens with one attached hydrogen (secondary N) is 1. The second kappa shape index (κ2) is 7.77. The molecular weight excluding hydrogens is 306 g/mol. The van der Waals surface area contributed by atoms with E-state index in [4.69, 9.17) is 0 Å². The van der Waals surface area contributed by atoms with E-state index >= 15 is 0 Å². The van der Waals surface area contributed by atoms with Gasteiger partial charge in [0.25, 0.3) is 0 Å². The molecule has 1 nitrogen and oxygen atoms in total. The summed E-state index contributed by atoms with van der Waals surface area (Å²) >= 11 is -1.24. The molecule has 0 radical (unpaired) electrons. The number of hydrogen-bond donors (Lipinski definition) is 1. The second-order valence-corrected chi connectivity index (χ2v) is 20.2. The van der Waals surface area contributed by atoms with Crippen LogP contribution in [0.15, 0.2) is 20.6 Å². The molecule has 0 aromatic heterocycles. The summed E-state index contributed by atoms with van der Waals surface area (Å²) in [5.74, 6) is 0.730. The molecule has 2 aliphatic rings. The van der Waals surface area contributed by atoms with Crippen LogP contribution in [-0.4, -0.2) is 12.7 Å². The predicted molar refractivity (Wildman–Crippen MR) is 93.7 cm³/mol. The Hall–Kier alpha value is 0.371. The van der Waals surface area contributed by atoms with Gasteiger partial charge < -0.3 is 0 Å². The van der Waals surface area contributed by atoms with E-state index in [1.54, 1.807) is 16.7 Å². The summed E-state index contributed by atoms with van der Waals surface area (Å²) in [7, 11) is 0. The Morgan fingerprint density at radius 2 is 1.52 bits per heavy atom. The minimum atomic E-state index is -1.24. The summed E-state index contributed by atoms with van der Waals surface area (Å²) in [5.41, 5.74) is 4.90. The topological polar surface area (TPSA) is 12.0 Å². The molecule has 2 aliphatic carbocycles. The van der Waals surface area contributed by atoms with Crippen LogP contribution in [0.4, 0.5) is 0 Å². The Morgan fingerprint density at radius 1 is 0.952 bits per heavy atom. The van der Waals surface area contributed by atoms with Crippen LogP contribution < -0.4 is 3.80 Å². The first kappa shape index (κ1) is 17.7. The zero-order chi connectivity index (χ0) is 15.6. The maximum atomic E-state index is 4.28. The van der Waals surface area contributed by atoms with E-state index in [9.17, 15) is 0 Å². The third-order valence-electron chi connectivity index (χ3n) is 5.72. The Labute approximate surface area is 139 Å². The molecule has 1 unspecified atom stereocenters. The van der Waals surface area contributed by atoms with Gasteiger partial charge in [0.1, 0.15) is 0 Å². The van der Waals surface area contributed by atoms with Crippen molar-refractivity contribution in [3.05, 3.63) is 20.6 Å². The van der Waals surface area contributed by atoms with Gasteiger partial charge >= 0.3 is 140 Å². The Kier molecular flexibility index (Phi) is 6.55.